The molecule has 1 aromatic rings. The highest BCUT2D eigenvalue weighted by atomic mass is 16.1. The first-order valence-corrected chi connectivity index (χ1v) is 5.35. The molecular formula is C13H18N2O. The standard InChI is InChI=1S/C13H18N2O/c1-10(2)11-5-7-14-9-12(11)13(16)6-8-15(3)4/h5-10H,1-4H3. The maximum Gasteiger partial charge on any atom is 0.189 e. The molecule has 3 heteroatoms. The van der Waals surface area contributed by atoms with Gasteiger partial charge in [-0.2, -0.15) is 0 Å². The molecule has 1 heterocycles. The van der Waals surface area contributed by atoms with Crippen molar-refractivity contribution < 1.29 is 4.79 Å². The van der Waals surface area contributed by atoms with Gasteiger partial charge in [0, 0.05) is 44.3 Å². The minimum atomic E-state index is 0.00509. The monoisotopic (exact) mass is 218 g/mol. The highest BCUT2D eigenvalue weighted by Gasteiger charge is 2.11. The lowest BCUT2D eigenvalue weighted by Gasteiger charge is -2.09. The zero-order chi connectivity index (χ0) is 12.1. The van der Waals surface area contributed by atoms with Gasteiger partial charge in [0.15, 0.2) is 5.78 Å². The molecule has 1 aromatic heterocycles. The number of allylic oxidation sites excluding steroid dienone is 1. The number of pyridine rings is 1. The molecule has 0 unspecified atom stereocenters. The number of carbonyl (C=O) groups is 1. The van der Waals surface area contributed by atoms with Crippen LogP contribution in [0, 0.1) is 0 Å². The zero-order valence-electron chi connectivity index (χ0n) is 10.3. The van der Waals surface area contributed by atoms with Gasteiger partial charge in [-0.1, -0.05) is 13.8 Å². The van der Waals surface area contributed by atoms with Gasteiger partial charge >= 0.3 is 0 Å². The van der Waals surface area contributed by atoms with Gasteiger partial charge in [0.05, 0.1) is 0 Å². The molecule has 0 amide bonds. The molecule has 0 spiro atoms. The molecule has 86 valence electrons. The molecule has 0 aliphatic carbocycles. The molecule has 0 saturated heterocycles. The Kier molecular flexibility index (Phi) is 4.23. The summed E-state index contributed by atoms with van der Waals surface area (Å²) in [5.74, 6) is 0.334. The maximum atomic E-state index is 11.9. The van der Waals surface area contributed by atoms with Gasteiger partial charge < -0.3 is 4.90 Å². The van der Waals surface area contributed by atoms with Gasteiger partial charge in [0.1, 0.15) is 0 Å². The van der Waals surface area contributed by atoms with Crippen LogP contribution in [0.3, 0.4) is 0 Å². The van der Waals surface area contributed by atoms with Crippen molar-refractivity contribution in [2.75, 3.05) is 14.1 Å². The van der Waals surface area contributed by atoms with E-state index in [1.807, 2.05) is 25.1 Å². The van der Waals surface area contributed by atoms with Crippen LogP contribution in [0.4, 0.5) is 0 Å². The summed E-state index contributed by atoms with van der Waals surface area (Å²) in [7, 11) is 3.77. The van der Waals surface area contributed by atoms with Crippen LogP contribution in [0.1, 0.15) is 35.7 Å². The molecule has 0 atom stereocenters. The van der Waals surface area contributed by atoms with Gasteiger partial charge in [0.25, 0.3) is 0 Å². The summed E-state index contributed by atoms with van der Waals surface area (Å²) >= 11 is 0. The largest absolute Gasteiger partial charge is 0.383 e. The van der Waals surface area contributed by atoms with Crippen molar-refractivity contribution in [3.63, 3.8) is 0 Å². The van der Waals surface area contributed by atoms with E-state index in [1.165, 1.54) is 0 Å². The lowest BCUT2D eigenvalue weighted by molar-refractivity contribution is 0.104. The minimum absolute atomic E-state index is 0.00509. The van der Waals surface area contributed by atoms with Crippen LogP contribution >= 0.6 is 0 Å². The lowest BCUT2D eigenvalue weighted by atomic mass is 9.97. The molecule has 16 heavy (non-hydrogen) atoms. The van der Waals surface area contributed by atoms with Gasteiger partial charge in [-0.15, -0.1) is 0 Å². The summed E-state index contributed by atoms with van der Waals surface area (Å²) in [5, 5.41) is 0. The first-order valence-electron chi connectivity index (χ1n) is 5.35. The summed E-state index contributed by atoms with van der Waals surface area (Å²) in [6.07, 6.45) is 6.68. The fourth-order valence-corrected chi connectivity index (χ4v) is 1.42. The summed E-state index contributed by atoms with van der Waals surface area (Å²) < 4.78 is 0. The van der Waals surface area contributed by atoms with E-state index in [0.717, 1.165) is 5.56 Å². The quantitative estimate of drug-likeness (QED) is 0.575. The minimum Gasteiger partial charge on any atom is -0.383 e. The predicted molar refractivity (Wildman–Crippen MR) is 65.5 cm³/mol. The Morgan fingerprint density at radius 3 is 2.69 bits per heavy atom. The first kappa shape index (κ1) is 12.4. The average molecular weight is 218 g/mol. The van der Waals surface area contributed by atoms with Gasteiger partial charge in [-0.05, 0) is 17.5 Å². The Bertz CT molecular complexity index is 395. The molecule has 0 aliphatic heterocycles. The van der Waals surface area contributed by atoms with Crippen molar-refractivity contribution in [3.8, 4) is 0 Å². The number of nitrogens with zero attached hydrogens (tertiary/aromatic N) is 2. The van der Waals surface area contributed by atoms with E-state index >= 15 is 0 Å². The molecular weight excluding hydrogens is 200 g/mol. The summed E-state index contributed by atoms with van der Waals surface area (Å²) in [6, 6.07) is 1.90. The van der Waals surface area contributed by atoms with Gasteiger partial charge in [-0.3, -0.25) is 9.78 Å². The Labute approximate surface area is 96.8 Å². The summed E-state index contributed by atoms with van der Waals surface area (Å²) in [4.78, 5) is 17.8. The Morgan fingerprint density at radius 2 is 2.12 bits per heavy atom. The second-order valence-corrected chi connectivity index (χ2v) is 4.26. The van der Waals surface area contributed by atoms with Crippen LogP contribution in [0.2, 0.25) is 0 Å². The highest BCUT2D eigenvalue weighted by Crippen LogP contribution is 2.18. The number of hydrogen-bond donors (Lipinski definition) is 0. The fourth-order valence-electron chi connectivity index (χ4n) is 1.42. The lowest BCUT2D eigenvalue weighted by Crippen LogP contribution is -2.06. The third-order valence-electron chi connectivity index (χ3n) is 2.27. The first-order chi connectivity index (χ1) is 7.52. The molecule has 0 aromatic carbocycles. The molecule has 0 aliphatic rings. The van der Waals surface area contributed by atoms with Gasteiger partial charge in [0.2, 0.25) is 0 Å². The number of hydrogen-bond acceptors (Lipinski definition) is 3. The molecule has 0 saturated carbocycles. The maximum absolute atomic E-state index is 11.9. The third-order valence-corrected chi connectivity index (χ3v) is 2.27. The van der Waals surface area contributed by atoms with E-state index in [1.54, 1.807) is 24.7 Å². The third kappa shape index (κ3) is 3.19. The second kappa shape index (κ2) is 5.45. The topological polar surface area (TPSA) is 33.2 Å². The van der Waals surface area contributed by atoms with Crippen molar-refractivity contribution >= 4 is 5.78 Å². The molecule has 0 radical (unpaired) electrons. The van der Waals surface area contributed by atoms with Crippen LogP contribution in [-0.4, -0.2) is 29.8 Å². The highest BCUT2D eigenvalue weighted by molar-refractivity contribution is 6.05. The van der Waals surface area contributed by atoms with E-state index < -0.39 is 0 Å². The number of ketones is 1. The Hall–Kier alpha value is -1.64. The number of carbonyl (C=O) groups excluding carboxylic acids is 1. The van der Waals surface area contributed by atoms with Gasteiger partial charge in [-0.25, -0.2) is 0 Å². The van der Waals surface area contributed by atoms with Crippen LogP contribution in [0.15, 0.2) is 30.7 Å². The van der Waals surface area contributed by atoms with E-state index in [9.17, 15) is 4.79 Å². The molecule has 0 bridgehead atoms. The number of rotatable bonds is 4. The molecule has 1 rings (SSSR count). The van der Waals surface area contributed by atoms with Crippen molar-refractivity contribution in [3.05, 3.63) is 41.9 Å². The smallest absolute Gasteiger partial charge is 0.189 e. The van der Waals surface area contributed by atoms with Crippen LogP contribution in [0.5, 0.6) is 0 Å². The summed E-state index contributed by atoms with van der Waals surface area (Å²) in [5.41, 5.74) is 1.74. The van der Waals surface area contributed by atoms with E-state index in [2.05, 4.69) is 18.8 Å². The normalized spacial score (nSPS) is 11.1. The molecule has 3 nitrogen and oxygen atoms in total. The van der Waals surface area contributed by atoms with Crippen molar-refractivity contribution in [1.82, 2.24) is 9.88 Å². The van der Waals surface area contributed by atoms with Crippen molar-refractivity contribution in [1.29, 1.82) is 0 Å². The number of aromatic nitrogens is 1. The average Bonchev–Trinajstić information content (AvgIpc) is 2.25. The fraction of sp³-hybridized carbons (Fsp3) is 0.385. The molecule has 0 fully saturated rings. The van der Waals surface area contributed by atoms with E-state index in [0.29, 0.717) is 11.5 Å². The SMILES string of the molecule is CC(C)c1ccncc1C(=O)C=CN(C)C. The van der Waals surface area contributed by atoms with Crippen molar-refractivity contribution in [2.45, 2.75) is 19.8 Å². The zero-order valence-corrected chi connectivity index (χ0v) is 10.3. The van der Waals surface area contributed by atoms with Crippen LogP contribution in [-0.2, 0) is 0 Å². The van der Waals surface area contributed by atoms with Crippen molar-refractivity contribution in [2.24, 2.45) is 0 Å². The van der Waals surface area contributed by atoms with E-state index in [4.69, 9.17) is 0 Å². The molecule has 0 N–H and O–H groups in total. The van der Waals surface area contributed by atoms with Crippen LogP contribution < -0.4 is 0 Å². The Morgan fingerprint density at radius 1 is 1.44 bits per heavy atom. The summed E-state index contributed by atoms with van der Waals surface area (Å²) in [6.45, 7) is 4.14. The second-order valence-electron chi connectivity index (χ2n) is 4.26. The predicted octanol–water partition coefficient (Wildman–Crippen LogP) is 2.46. The van der Waals surface area contributed by atoms with Crippen LogP contribution in [0.25, 0.3) is 0 Å². The Balaban J connectivity index is 2.99. The van der Waals surface area contributed by atoms with E-state index in [-0.39, 0.29) is 5.78 Å².